The highest BCUT2D eigenvalue weighted by atomic mass is 127. The molecule has 0 aliphatic rings. The molecular weight excluding hydrogens is 459 g/mol. The Kier molecular flexibility index (Phi) is 10.6. The van der Waals surface area contributed by atoms with Crippen molar-refractivity contribution >= 4 is 41.3 Å². The van der Waals surface area contributed by atoms with Crippen LogP contribution in [0.1, 0.15) is 29.3 Å². The standard InChI is InChI=1S/C19H28N4OS.HI/c1-5-20-19(21-10-9-18-22-13-16(4)25-18)23-12-15(3)24-17-8-6-7-14(2)11-17;/h6-8,11,13,15H,5,9-10,12H2,1-4H3,(H2,20,21,23);1H. The van der Waals surface area contributed by atoms with Gasteiger partial charge in [0.15, 0.2) is 5.96 Å². The molecule has 0 saturated heterocycles. The van der Waals surface area contributed by atoms with Gasteiger partial charge in [-0.15, -0.1) is 35.3 Å². The van der Waals surface area contributed by atoms with Crippen LogP contribution in [-0.4, -0.2) is 36.7 Å². The van der Waals surface area contributed by atoms with Gasteiger partial charge in [0, 0.05) is 30.6 Å². The number of aryl methyl sites for hydroxylation is 2. The highest BCUT2D eigenvalue weighted by Gasteiger charge is 2.05. The quantitative estimate of drug-likeness (QED) is 0.336. The molecule has 1 heterocycles. The number of thiazole rings is 1. The summed E-state index contributed by atoms with van der Waals surface area (Å²) < 4.78 is 5.93. The van der Waals surface area contributed by atoms with Crippen molar-refractivity contribution in [2.75, 3.05) is 19.6 Å². The molecule has 1 aromatic carbocycles. The normalized spacial score (nSPS) is 12.2. The van der Waals surface area contributed by atoms with Gasteiger partial charge in [-0.05, 0) is 45.4 Å². The molecule has 0 spiro atoms. The summed E-state index contributed by atoms with van der Waals surface area (Å²) >= 11 is 1.74. The molecule has 0 radical (unpaired) electrons. The molecule has 0 aliphatic carbocycles. The van der Waals surface area contributed by atoms with E-state index in [9.17, 15) is 0 Å². The van der Waals surface area contributed by atoms with Crippen molar-refractivity contribution in [3.8, 4) is 5.75 Å². The number of ether oxygens (including phenoxy) is 1. The molecule has 144 valence electrons. The summed E-state index contributed by atoms with van der Waals surface area (Å²) in [4.78, 5) is 10.3. The fraction of sp³-hybridized carbons (Fsp3) is 0.474. The van der Waals surface area contributed by atoms with E-state index >= 15 is 0 Å². The minimum Gasteiger partial charge on any atom is -0.489 e. The maximum absolute atomic E-state index is 5.93. The fourth-order valence-corrected chi connectivity index (χ4v) is 3.11. The summed E-state index contributed by atoms with van der Waals surface area (Å²) in [5.74, 6) is 1.70. The molecule has 1 unspecified atom stereocenters. The molecule has 5 nitrogen and oxygen atoms in total. The van der Waals surface area contributed by atoms with E-state index in [1.165, 1.54) is 10.4 Å². The number of hydrogen-bond donors (Lipinski definition) is 2. The number of nitrogens with one attached hydrogen (secondary N) is 2. The molecule has 2 rings (SSSR count). The lowest BCUT2D eigenvalue weighted by atomic mass is 10.2. The van der Waals surface area contributed by atoms with E-state index < -0.39 is 0 Å². The largest absolute Gasteiger partial charge is 0.489 e. The van der Waals surface area contributed by atoms with Crippen LogP contribution in [0.15, 0.2) is 35.5 Å². The predicted octanol–water partition coefficient (Wildman–Crippen LogP) is 3.94. The first-order valence-corrected chi connectivity index (χ1v) is 9.55. The van der Waals surface area contributed by atoms with Crippen molar-refractivity contribution in [3.63, 3.8) is 0 Å². The van der Waals surface area contributed by atoms with E-state index in [1.54, 1.807) is 11.3 Å². The minimum absolute atomic E-state index is 0. The second-order valence-electron chi connectivity index (χ2n) is 6.01. The Hall–Kier alpha value is -1.35. The molecule has 7 heteroatoms. The van der Waals surface area contributed by atoms with Crippen LogP contribution >= 0.6 is 35.3 Å². The second-order valence-corrected chi connectivity index (χ2v) is 7.33. The van der Waals surface area contributed by atoms with Crippen LogP contribution in [0, 0.1) is 13.8 Å². The maximum atomic E-state index is 5.93. The van der Waals surface area contributed by atoms with Gasteiger partial charge in [0.2, 0.25) is 0 Å². The Balaban J connectivity index is 0.00000338. The molecule has 0 saturated carbocycles. The lowest BCUT2D eigenvalue weighted by Crippen LogP contribution is -2.39. The average Bonchev–Trinajstić information content (AvgIpc) is 2.98. The molecule has 0 aliphatic heterocycles. The maximum Gasteiger partial charge on any atom is 0.191 e. The Morgan fingerprint density at radius 2 is 2.12 bits per heavy atom. The molecule has 2 N–H and O–H groups in total. The average molecular weight is 488 g/mol. The Labute approximate surface area is 177 Å². The number of benzene rings is 1. The number of nitrogens with zero attached hydrogens (tertiary/aromatic N) is 2. The van der Waals surface area contributed by atoms with E-state index in [-0.39, 0.29) is 30.1 Å². The summed E-state index contributed by atoms with van der Waals surface area (Å²) in [6, 6.07) is 8.09. The highest BCUT2D eigenvalue weighted by Crippen LogP contribution is 2.14. The van der Waals surface area contributed by atoms with E-state index in [2.05, 4.69) is 47.4 Å². The molecule has 0 fully saturated rings. The highest BCUT2D eigenvalue weighted by molar-refractivity contribution is 14.0. The fourth-order valence-electron chi connectivity index (χ4n) is 2.32. The summed E-state index contributed by atoms with van der Waals surface area (Å²) in [5.41, 5.74) is 1.20. The van der Waals surface area contributed by atoms with Crippen LogP contribution in [0.5, 0.6) is 5.75 Å². The topological polar surface area (TPSA) is 58.5 Å². The van der Waals surface area contributed by atoms with Gasteiger partial charge in [-0.2, -0.15) is 0 Å². The van der Waals surface area contributed by atoms with Crippen molar-refractivity contribution in [1.29, 1.82) is 0 Å². The number of aliphatic imine (C=N–C) groups is 1. The number of aromatic nitrogens is 1. The van der Waals surface area contributed by atoms with Crippen LogP contribution < -0.4 is 15.4 Å². The predicted molar refractivity (Wildman–Crippen MR) is 121 cm³/mol. The number of guanidine groups is 1. The lowest BCUT2D eigenvalue weighted by molar-refractivity contribution is 0.230. The summed E-state index contributed by atoms with van der Waals surface area (Å²) in [5, 5.41) is 7.78. The third kappa shape index (κ3) is 8.35. The molecular formula is C19H29IN4OS. The third-order valence-electron chi connectivity index (χ3n) is 3.48. The van der Waals surface area contributed by atoms with Gasteiger partial charge in [0.1, 0.15) is 11.9 Å². The van der Waals surface area contributed by atoms with Gasteiger partial charge in [0.25, 0.3) is 0 Å². The van der Waals surface area contributed by atoms with Crippen molar-refractivity contribution in [2.24, 2.45) is 4.99 Å². The Bertz CT molecular complexity index is 690. The Morgan fingerprint density at radius 3 is 2.77 bits per heavy atom. The first-order valence-electron chi connectivity index (χ1n) is 8.73. The summed E-state index contributed by atoms with van der Waals surface area (Å²) in [6.45, 7) is 10.5. The monoisotopic (exact) mass is 488 g/mol. The molecule has 1 atom stereocenters. The van der Waals surface area contributed by atoms with E-state index in [4.69, 9.17) is 4.74 Å². The van der Waals surface area contributed by atoms with Gasteiger partial charge in [0.05, 0.1) is 11.6 Å². The molecule has 0 amide bonds. The zero-order chi connectivity index (χ0) is 18.1. The number of rotatable bonds is 8. The van der Waals surface area contributed by atoms with Crippen molar-refractivity contribution in [1.82, 2.24) is 15.6 Å². The zero-order valence-electron chi connectivity index (χ0n) is 15.9. The SMILES string of the molecule is CCNC(=NCC(C)Oc1cccc(C)c1)NCCc1ncc(C)s1.I. The smallest absolute Gasteiger partial charge is 0.191 e. The summed E-state index contributed by atoms with van der Waals surface area (Å²) in [7, 11) is 0. The van der Waals surface area contributed by atoms with Gasteiger partial charge in [-0.25, -0.2) is 9.98 Å². The Morgan fingerprint density at radius 1 is 1.31 bits per heavy atom. The molecule has 26 heavy (non-hydrogen) atoms. The first-order chi connectivity index (χ1) is 12.1. The van der Waals surface area contributed by atoms with Gasteiger partial charge in [-0.3, -0.25) is 0 Å². The van der Waals surface area contributed by atoms with E-state index in [0.717, 1.165) is 36.2 Å². The molecule has 0 bridgehead atoms. The van der Waals surface area contributed by atoms with Crippen LogP contribution in [0.2, 0.25) is 0 Å². The van der Waals surface area contributed by atoms with E-state index in [0.29, 0.717) is 6.54 Å². The molecule has 2 aromatic rings. The van der Waals surface area contributed by atoms with Crippen molar-refractivity contribution in [3.05, 3.63) is 45.9 Å². The van der Waals surface area contributed by atoms with Gasteiger partial charge >= 0.3 is 0 Å². The van der Waals surface area contributed by atoms with Crippen molar-refractivity contribution < 1.29 is 4.74 Å². The van der Waals surface area contributed by atoms with E-state index in [1.807, 2.05) is 31.3 Å². The summed E-state index contributed by atoms with van der Waals surface area (Å²) in [6.07, 6.45) is 2.83. The number of hydrogen-bond acceptors (Lipinski definition) is 4. The first kappa shape index (κ1) is 22.7. The third-order valence-corrected chi connectivity index (χ3v) is 4.45. The lowest BCUT2D eigenvalue weighted by Gasteiger charge is -2.15. The number of halogens is 1. The van der Waals surface area contributed by atoms with Crippen molar-refractivity contribution in [2.45, 2.75) is 40.2 Å². The zero-order valence-corrected chi connectivity index (χ0v) is 19.1. The van der Waals surface area contributed by atoms with Crippen LogP contribution in [0.4, 0.5) is 0 Å². The van der Waals surface area contributed by atoms with Crippen LogP contribution in [-0.2, 0) is 6.42 Å². The van der Waals surface area contributed by atoms with Gasteiger partial charge in [-0.1, -0.05) is 12.1 Å². The van der Waals surface area contributed by atoms with Gasteiger partial charge < -0.3 is 15.4 Å². The second kappa shape index (κ2) is 12.1. The van der Waals surface area contributed by atoms with Crippen LogP contribution in [0.3, 0.4) is 0 Å². The minimum atomic E-state index is 0. The van der Waals surface area contributed by atoms with Crippen LogP contribution in [0.25, 0.3) is 0 Å². The molecule has 1 aromatic heterocycles.